The summed E-state index contributed by atoms with van der Waals surface area (Å²) < 4.78 is 0. The molecule has 3 rings (SSSR count). The first-order valence-electron chi connectivity index (χ1n) is 5.79. The highest BCUT2D eigenvalue weighted by Crippen LogP contribution is 2.29. The first kappa shape index (κ1) is 10.2. The van der Waals surface area contributed by atoms with Crippen LogP contribution in [-0.2, 0) is 13.0 Å². The lowest BCUT2D eigenvalue weighted by Crippen LogP contribution is -2.29. The van der Waals surface area contributed by atoms with Gasteiger partial charge in [0.1, 0.15) is 0 Å². The number of rotatable bonds is 1. The van der Waals surface area contributed by atoms with Crippen molar-refractivity contribution in [3.8, 4) is 0 Å². The van der Waals surface area contributed by atoms with E-state index in [2.05, 4.69) is 22.9 Å². The molecule has 3 heteroatoms. The van der Waals surface area contributed by atoms with Gasteiger partial charge in [0.15, 0.2) is 0 Å². The number of hydrogen-bond acceptors (Lipinski definition) is 1. The van der Waals surface area contributed by atoms with E-state index < -0.39 is 0 Å². The average molecular weight is 235 g/mol. The standard InChI is InChI=1S/C13H15ClN2/c1-2-16-6-5-11-10-4-3-9(14)7-12(10)15-13(11)8-16/h3-4,7,15H,2,5-6,8H2,1H3. The molecule has 1 aromatic carbocycles. The minimum absolute atomic E-state index is 0.804. The molecule has 0 aliphatic carbocycles. The number of fused-ring (bicyclic) bond motifs is 3. The number of aromatic nitrogens is 1. The van der Waals surface area contributed by atoms with Crippen LogP contribution in [-0.4, -0.2) is 23.0 Å². The SMILES string of the molecule is CCN1CCc2c([nH]c3cc(Cl)ccc23)C1. The average Bonchev–Trinajstić information content (AvgIpc) is 2.64. The smallest absolute Gasteiger partial charge is 0.0474 e. The largest absolute Gasteiger partial charge is 0.357 e. The first-order chi connectivity index (χ1) is 7.78. The van der Waals surface area contributed by atoms with Crippen molar-refractivity contribution in [2.45, 2.75) is 19.9 Å². The van der Waals surface area contributed by atoms with Crippen molar-refractivity contribution < 1.29 is 0 Å². The molecule has 0 saturated carbocycles. The topological polar surface area (TPSA) is 19.0 Å². The van der Waals surface area contributed by atoms with Crippen LogP contribution < -0.4 is 0 Å². The van der Waals surface area contributed by atoms with E-state index in [1.807, 2.05) is 12.1 Å². The number of H-pyrrole nitrogens is 1. The van der Waals surface area contributed by atoms with Gasteiger partial charge in [-0.3, -0.25) is 4.90 Å². The molecule has 0 bridgehead atoms. The third-order valence-corrected chi connectivity index (χ3v) is 3.70. The molecule has 2 heterocycles. The van der Waals surface area contributed by atoms with E-state index in [0.717, 1.165) is 24.5 Å². The summed E-state index contributed by atoms with van der Waals surface area (Å²) in [6.07, 6.45) is 1.14. The summed E-state index contributed by atoms with van der Waals surface area (Å²) in [5.74, 6) is 0. The molecule has 0 unspecified atom stereocenters. The Morgan fingerprint density at radius 3 is 3.12 bits per heavy atom. The van der Waals surface area contributed by atoms with Crippen LogP contribution in [0.5, 0.6) is 0 Å². The van der Waals surface area contributed by atoms with E-state index in [1.165, 1.54) is 28.7 Å². The molecule has 1 N–H and O–H groups in total. The van der Waals surface area contributed by atoms with Crippen molar-refractivity contribution in [2.24, 2.45) is 0 Å². The normalized spacial score (nSPS) is 16.6. The van der Waals surface area contributed by atoms with Gasteiger partial charge in [-0.2, -0.15) is 0 Å². The van der Waals surface area contributed by atoms with Gasteiger partial charge in [-0.1, -0.05) is 24.6 Å². The quantitative estimate of drug-likeness (QED) is 0.803. The van der Waals surface area contributed by atoms with Crippen LogP contribution in [0.15, 0.2) is 18.2 Å². The fourth-order valence-electron chi connectivity index (χ4n) is 2.55. The molecule has 1 aliphatic heterocycles. The van der Waals surface area contributed by atoms with Crippen LogP contribution in [0.3, 0.4) is 0 Å². The number of nitrogens with one attached hydrogen (secondary N) is 1. The lowest BCUT2D eigenvalue weighted by Gasteiger charge is -2.25. The van der Waals surface area contributed by atoms with E-state index in [4.69, 9.17) is 11.6 Å². The summed E-state index contributed by atoms with van der Waals surface area (Å²) in [5, 5.41) is 2.15. The summed E-state index contributed by atoms with van der Waals surface area (Å²) >= 11 is 6.01. The molecule has 0 atom stereocenters. The van der Waals surface area contributed by atoms with E-state index >= 15 is 0 Å². The summed E-state index contributed by atoms with van der Waals surface area (Å²) in [4.78, 5) is 5.95. The molecule has 1 aromatic heterocycles. The van der Waals surface area contributed by atoms with Crippen molar-refractivity contribution in [1.82, 2.24) is 9.88 Å². The zero-order valence-corrected chi connectivity index (χ0v) is 10.1. The van der Waals surface area contributed by atoms with E-state index in [1.54, 1.807) is 0 Å². The maximum absolute atomic E-state index is 6.01. The van der Waals surface area contributed by atoms with Gasteiger partial charge in [-0.05, 0) is 30.7 Å². The van der Waals surface area contributed by atoms with E-state index in [0.29, 0.717) is 0 Å². The Morgan fingerprint density at radius 1 is 1.44 bits per heavy atom. The van der Waals surface area contributed by atoms with Gasteiger partial charge >= 0.3 is 0 Å². The van der Waals surface area contributed by atoms with Gasteiger partial charge in [0, 0.05) is 34.7 Å². The third kappa shape index (κ3) is 1.53. The predicted octanol–water partition coefficient (Wildman–Crippen LogP) is 3.20. The lowest BCUT2D eigenvalue weighted by molar-refractivity contribution is 0.266. The Balaban J connectivity index is 2.12. The van der Waals surface area contributed by atoms with Crippen LogP contribution in [0.1, 0.15) is 18.2 Å². The van der Waals surface area contributed by atoms with Gasteiger partial charge < -0.3 is 4.98 Å². The van der Waals surface area contributed by atoms with Crippen molar-refractivity contribution in [3.05, 3.63) is 34.5 Å². The summed E-state index contributed by atoms with van der Waals surface area (Å²) in [5.41, 5.74) is 4.03. The maximum Gasteiger partial charge on any atom is 0.0474 e. The number of halogens is 1. The maximum atomic E-state index is 6.01. The van der Waals surface area contributed by atoms with Crippen LogP contribution in [0.2, 0.25) is 5.02 Å². The molecule has 84 valence electrons. The van der Waals surface area contributed by atoms with Gasteiger partial charge in [-0.15, -0.1) is 0 Å². The molecule has 0 fully saturated rings. The Bertz CT molecular complexity index is 530. The molecule has 2 aromatic rings. The van der Waals surface area contributed by atoms with Crippen molar-refractivity contribution in [1.29, 1.82) is 0 Å². The molecule has 0 saturated heterocycles. The molecule has 16 heavy (non-hydrogen) atoms. The molecule has 2 nitrogen and oxygen atoms in total. The Kier molecular flexibility index (Phi) is 2.41. The van der Waals surface area contributed by atoms with Crippen molar-refractivity contribution >= 4 is 22.5 Å². The van der Waals surface area contributed by atoms with Gasteiger partial charge in [-0.25, -0.2) is 0 Å². The molecular weight excluding hydrogens is 220 g/mol. The Hall–Kier alpha value is -0.990. The second kappa shape index (κ2) is 3.79. The minimum Gasteiger partial charge on any atom is -0.357 e. The monoisotopic (exact) mass is 234 g/mol. The Labute approximate surface area is 100 Å². The predicted molar refractivity (Wildman–Crippen MR) is 68.0 cm³/mol. The fraction of sp³-hybridized carbons (Fsp3) is 0.385. The lowest BCUT2D eigenvalue weighted by atomic mass is 10.0. The second-order valence-corrected chi connectivity index (χ2v) is 4.83. The summed E-state index contributed by atoms with van der Waals surface area (Å²) in [6, 6.07) is 6.13. The van der Waals surface area contributed by atoms with Crippen molar-refractivity contribution in [2.75, 3.05) is 13.1 Å². The van der Waals surface area contributed by atoms with Gasteiger partial charge in [0.25, 0.3) is 0 Å². The molecule has 0 amide bonds. The fourth-order valence-corrected chi connectivity index (χ4v) is 2.72. The molecule has 0 spiro atoms. The van der Waals surface area contributed by atoms with Gasteiger partial charge in [0.05, 0.1) is 0 Å². The highest BCUT2D eigenvalue weighted by molar-refractivity contribution is 6.31. The number of likely N-dealkylation sites (N-methyl/N-ethyl adjacent to an activating group) is 1. The second-order valence-electron chi connectivity index (χ2n) is 4.39. The minimum atomic E-state index is 0.804. The molecule has 0 radical (unpaired) electrons. The first-order valence-corrected chi connectivity index (χ1v) is 6.17. The highest BCUT2D eigenvalue weighted by atomic mass is 35.5. The number of benzene rings is 1. The summed E-state index contributed by atoms with van der Waals surface area (Å²) in [6.45, 7) is 5.54. The molecular formula is C13H15ClN2. The van der Waals surface area contributed by atoms with E-state index in [9.17, 15) is 0 Å². The van der Waals surface area contributed by atoms with Crippen LogP contribution >= 0.6 is 11.6 Å². The van der Waals surface area contributed by atoms with Gasteiger partial charge in [0.2, 0.25) is 0 Å². The van der Waals surface area contributed by atoms with E-state index in [-0.39, 0.29) is 0 Å². The Morgan fingerprint density at radius 2 is 2.31 bits per heavy atom. The molecule has 1 aliphatic rings. The number of nitrogens with zero attached hydrogens (tertiary/aromatic N) is 1. The summed E-state index contributed by atoms with van der Waals surface area (Å²) in [7, 11) is 0. The zero-order chi connectivity index (χ0) is 11.1. The van der Waals surface area contributed by atoms with Crippen LogP contribution in [0.4, 0.5) is 0 Å². The number of hydrogen-bond donors (Lipinski definition) is 1. The van der Waals surface area contributed by atoms with Crippen molar-refractivity contribution in [3.63, 3.8) is 0 Å². The number of aromatic amines is 1. The van der Waals surface area contributed by atoms with Crippen LogP contribution in [0, 0.1) is 0 Å². The third-order valence-electron chi connectivity index (χ3n) is 3.46. The van der Waals surface area contributed by atoms with Crippen LogP contribution in [0.25, 0.3) is 10.9 Å². The highest BCUT2D eigenvalue weighted by Gasteiger charge is 2.19. The zero-order valence-electron chi connectivity index (χ0n) is 9.39.